The molecule has 3 aromatic rings. The van der Waals surface area contributed by atoms with Gasteiger partial charge in [-0.2, -0.15) is 0 Å². The number of amides is 2. The van der Waals surface area contributed by atoms with Gasteiger partial charge in [-0.05, 0) is 48.0 Å². The Morgan fingerprint density at radius 1 is 0.970 bits per heavy atom. The molecule has 0 unspecified atom stereocenters. The van der Waals surface area contributed by atoms with E-state index in [0.29, 0.717) is 27.0 Å². The van der Waals surface area contributed by atoms with Crippen LogP contribution in [0.5, 0.6) is 5.75 Å². The molecule has 2 amide bonds. The van der Waals surface area contributed by atoms with Gasteiger partial charge in [-0.1, -0.05) is 47.5 Å². The van der Waals surface area contributed by atoms with Crippen molar-refractivity contribution < 1.29 is 14.3 Å². The predicted octanol–water partition coefficient (Wildman–Crippen LogP) is 5.10. The Kier molecular flexibility index (Phi) is 6.58. The fraction of sp³-hybridized carbons (Fsp3) is 0.120. The van der Waals surface area contributed by atoms with Crippen LogP contribution >= 0.6 is 23.2 Å². The Morgan fingerprint density at radius 2 is 1.73 bits per heavy atom. The highest BCUT2D eigenvalue weighted by Gasteiger charge is 2.34. The van der Waals surface area contributed by atoms with Crippen molar-refractivity contribution in [3.63, 3.8) is 0 Å². The van der Waals surface area contributed by atoms with Gasteiger partial charge in [-0.25, -0.2) is 5.01 Å². The molecule has 8 heteroatoms. The number of para-hydroxylation sites is 1. The Labute approximate surface area is 201 Å². The molecule has 1 aliphatic heterocycles. The maximum absolute atomic E-state index is 13.0. The van der Waals surface area contributed by atoms with E-state index < -0.39 is 11.8 Å². The van der Waals surface area contributed by atoms with Crippen molar-refractivity contribution in [3.8, 4) is 5.75 Å². The zero-order valence-electron chi connectivity index (χ0n) is 18.0. The van der Waals surface area contributed by atoms with Crippen molar-refractivity contribution >= 4 is 52.5 Å². The predicted molar refractivity (Wildman–Crippen MR) is 132 cm³/mol. The molecule has 0 radical (unpaired) electrons. The first-order valence-electron chi connectivity index (χ1n) is 10.1. The van der Waals surface area contributed by atoms with Crippen molar-refractivity contribution in [3.05, 3.63) is 93.5 Å². The summed E-state index contributed by atoms with van der Waals surface area (Å²) in [6, 6.07) is 19.8. The van der Waals surface area contributed by atoms with Crippen molar-refractivity contribution in [2.45, 2.75) is 6.61 Å². The molecule has 6 nitrogen and oxygen atoms in total. The number of carbonyl (C=O) groups is 2. The van der Waals surface area contributed by atoms with E-state index >= 15 is 0 Å². The molecule has 0 atom stereocenters. The van der Waals surface area contributed by atoms with E-state index in [1.807, 2.05) is 49.3 Å². The average Bonchev–Trinajstić information content (AvgIpc) is 3.09. The first-order chi connectivity index (χ1) is 15.8. The summed E-state index contributed by atoms with van der Waals surface area (Å²) >= 11 is 12.1. The van der Waals surface area contributed by atoms with Gasteiger partial charge in [0.15, 0.2) is 0 Å². The Balaban J connectivity index is 1.65. The van der Waals surface area contributed by atoms with Crippen LogP contribution in [0.2, 0.25) is 10.0 Å². The maximum atomic E-state index is 13.0. The molecule has 0 aliphatic carbocycles. The second-order valence-electron chi connectivity index (χ2n) is 7.63. The monoisotopic (exact) mass is 481 g/mol. The standard InChI is InChI=1S/C25H21Cl2N3O3/c1-29(2)19-10-9-17(23(14-19)33-15-16-8-11-21(26)22(27)12-16)13-20-24(31)28-30(25(20)32)18-6-4-3-5-7-18/h3-14H,15H2,1-2H3,(H,28,31)/b20-13-. The van der Waals surface area contributed by atoms with Gasteiger partial charge in [-0.15, -0.1) is 0 Å². The Morgan fingerprint density at radius 3 is 2.42 bits per heavy atom. The number of hydrazine groups is 1. The normalized spacial score (nSPS) is 14.5. The summed E-state index contributed by atoms with van der Waals surface area (Å²) in [5.74, 6) is -0.382. The van der Waals surface area contributed by atoms with Crippen LogP contribution in [0.1, 0.15) is 11.1 Å². The van der Waals surface area contributed by atoms with Crippen LogP contribution in [0, 0.1) is 0 Å². The number of rotatable bonds is 6. The third-order valence-electron chi connectivity index (χ3n) is 5.10. The van der Waals surface area contributed by atoms with Gasteiger partial charge in [0.2, 0.25) is 0 Å². The van der Waals surface area contributed by atoms with Gasteiger partial charge < -0.3 is 9.64 Å². The second-order valence-corrected chi connectivity index (χ2v) is 8.44. The van der Waals surface area contributed by atoms with Crippen LogP contribution < -0.4 is 20.1 Å². The molecule has 0 bridgehead atoms. The summed E-state index contributed by atoms with van der Waals surface area (Å²) in [5.41, 5.74) is 5.57. The van der Waals surface area contributed by atoms with Crippen LogP contribution in [0.15, 0.2) is 72.3 Å². The first-order valence-corrected chi connectivity index (χ1v) is 10.9. The van der Waals surface area contributed by atoms with Crippen LogP contribution in [0.4, 0.5) is 11.4 Å². The van der Waals surface area contributed by atoms with Gasteiger partial charge in [0.1, 0.15) is 17.9 Å². The smallest absolute Gasteiger partial charge is 0.282 e. The largest absolute Gasteiger partial charge is 0.488 e. The molecule has 4 rings (SSSR count). The van der Waals surface area contributed by atoms with E-state index in [-0.39, 0.29) is 12.2 Å². The third-order valence-corrected chi connectivity index (χ3v) is 5.84. The Hall–Kier alpha value is -3.48. The lowest BCUT2D eigenvalue weighted by Crippen LogP contribution is -2.35. The summed E-state index contributed by atoms with van der Waals surface area (Å²) in [6.07, 6.45) is 1.55. The second kappa shape index (κ2) is 9.57. The lowest BCUT2D eigenvalue weighted by Gasteiger charge is -2.16. The maximum Gasteiger partial charge on any atom is 0.282 e. The molecule has 0 aromatic heterocycles. The number of benzene rings is 3. The molecule has 0 spiro atoms. The van der Waals surface area contributed by atoms with Gasteiger partial charge in [-0.3, -0.25) is 15.0 Å². The molecule has 1 N–H and O–H groups in total. The molecule has 168 valence electrons. The number of ether oxygens (including phenoxy) is 1. The minimum absolute atomic E-state index is 0.0239. The summed E-state index contributed by atoms with van der Waals surface area (Å²) in [4.78, 5) is 27.5. The van der Waals surface area contributed by atoms with E-state index in [0.717, 1.165) is 11.3 Å². The first kappa shape index (κ1) is 22.7. The molecule has 3 aromatic carbocycles. The molecule has 1 heterocycles. The number of nitrogens with zero attached hydrogens (tertiary/aromatic N) is 2. The summed E-state index contributed by atoms with van der Waals surface area (Å²) in [7, 11) is 3.84. The zero-order chi connectivity index (χ0) is 23.5. The number of hydrogen-bond acceptors (Lipinski definition) is 4. The summed E-state index contributed by atoms with van der Waals surface area (Å²) in [5, 5.41) is 2.14. The molecule has 1 saturated heterocycles. The average molecular weight is 482 g/mol. The van der Waals surface area contributed by atoms with Crippen molar-refractivity contribution in [1.82, 2.24) is 5.43 Å². The lowest BCUT2D eigenvalue weighted by molar-refractivity contribution is -0.117. The number of halogens is 2. The molecule has 33 heavy (non-hydrogen) atoms. The minimum atomic E-state index is -0.476. The number of carbonyl (C=O) groups excluding carboxylic acids is 2. The fourth-order valence-electron chi connectivity index (χ4n) is 3.31. The minimum Gasteiger partial charge on any atom is -0.488 e. The van der Waals surface area contributed by atoms with Gasteiger partial charge in [0.25, 0.3) is 11.8 Å². The van der Waals surface area contributed by atoms with Crippen molar-refractivity contribution in [2.75, 3.05) is 24.0 Å². The zero-order valence-corrected chi connectivity index (χ0v) is 19.5. The van der Waals surface area contributed by atoms with Gasteiger partial charge in [0.05, 0.1) is 15.7 Å². The highest BCUT2D eigenvalue weighted by Crippen LogP contribution is 2.30. The van der Waals surface area contributed by atoms with Gasteiger partial charge >= 0.3 is 0 Å². The highest BCUT2D eigenvalue weighted by molar-refractivity contribution is 6.42. The topological polar surface area (TPSA) is 61.9 Å². The Bertz CT molecular complexity index is 1240. The van der Waals surface area contributed by atoms with Crippen LogP contribution in [-0.4, -0.2) is 25.9 Å². The van der Waals surface area contributed by atoms with E-state index in [4.69, 9.17) is 27.9 Å². The fourth-order valence-corrected chi connectivity index (χ4v) is 3.63. The molecule has 0 saturated carbocycles. The number of anilines is 2. The summed E-state index contributed by atoms with van der Waals surface area (Å²) in [6.45, 7) is 0.236. The van der Waals surface area contributed by atoms with E-state index in [9.17, 15) is 9.59 Å². The van der Waals surface area contributed by atoms with Crippen LogP contribution in [0.3, 0.4) is 0 Å². The summed E-state index contributed by atoms with van der Waals surface area (Å²) < 4.78 is 6.07. The van der Waals surface area contributed by atoms with E-state index in [1.165, 1.54) is 5.01 Å². The van der Waals surface area contributed by atoms with E-state index in [1.54, 1.807) is 42.5 Å². The van der Waals surface area contributed by atoms with Crippen LogP contribution in [0.25, 0.3) is 6.08 Å². The SMILES string of the molecule is CN(C)c1ccc(/C=C2/C(=O)NN(c3ccccc3)C2=O)c(OCc2ccc(Cl)c(Cl)c2)c1. The molecule has 1 fully saturated rings. The molecular weight excluding hydrogens is 461 g/mol. The quantitative estimate of drug-likeness (QED) is 0.392. The van der Waals surface area contributed by atoms with Crippen LogP contribution in [-0.2, 0) is 16.2 Å². The number of hydrogen-bond donors (Lipinski definition) is 1. The highest BCUT2D eigenvalue weighted by atomic mass is 35.5. The molecule has 1 aliphatic rings. The number of nitrogens with one attached hydrogen (secondary N) is 1. The van der Waals surface area contributed by atoms with Gasteiger partial charge in [0, 0.05) is 31.4 Å². The molecular formula is C25H21Cl2N3O3. The van der Waals surface area contributed by atoms with Crippen molar-refractivity contribution in [1.29, 1.82) is 0 Å². The lowest BCUT2D eigenvalue weighted by atomic mass is 10.1. The van der Waals surface area contributed by atoms with Crippen molar-refractivity contribution in [2.24, 2.45) is 0 Å². The van der Waals surface area contributed by atoms with E-state index in [2.05, 4.69) is 5.43 Å². The third kappa shape index (κ3) is 4.97.